The summed E-state index contributed by atoms with van der Waals surface area (Å²) in [5.41, 5.74) is 4.11. The zero-order valence-corrected chi connectivity index (χ0v) is 22.2. The van der Waals surface area contributed by atoms with Gasteiger partial charge < -0.3 is 43.1 Å². The fraction of sp³-hybridized carbons (Fsp3) is 0.0714. The van der Waals surface area contributed by atoms with Crippen LogP contribution in [0.1, 0.15) is 20.7 Å². The molecule has 0 amide bonds. The van der Waals surface area contributed by atoms with E-state index in [1.54, 1.807) is 36.7 Å². The summed E-state index contributed by atoms with van der Waals surface area (Å²) < 4.78 is 9.30. The zero-order chi connectivity index (χ0) is 26.8. The molecule has 9 heteroatoms. The maximum atomic E-state index is 11.3. The number of nitrogens with zero attached hydrogens (tertiary/aromatic N) is 4. The van der Waals surface area contributed by atoms with E-state index in [1.165, 1.54) is 14.2 Å². The molecule has 0 aliphatic carbocycles. The number of hydrogen-bond donors (Lipinski definition) is 0. The molecular formula is C28H20IrN4O4-4. The van der Waals surface area contributed by atoms with Crippen molar-refractivity contribution in [1.82, 2.24) is 9.97 Å². The standard InChI is InChI=1S/2C13H10NO2.2CN.Ir/c2*1-16-13(15)11-7-8-14-12(9-11)10-5-3-2-4-6-10;2*1-2;/h2*2-5,7-9H,1H3;;;/q4*-1;. The first-order valence-corrected chi connectivity index (χ1v) is 10.1. The second-order valence-electron chi connectivity index (χ2n) is 6.40. The molecule has 2 aromatic heterocycles. The van der Waals surface area contributed by atoms with Gasteiger partial charge in [-0.1, -0.05) is 12.1 Å². The number of hydrogen-bond acceptors (Lipinski definition) is 8. The fourth-order valence-corrected chi connectivity index (χ4v) is 2.75. The van der Waals surface area contributed by atoms with E-state index in [0.717, 1.165) is 11.1 Å². The average Bonchev–Trinajstić information content (AvgIpc) is 2.99. The van der Waals surface area contributed by atoms with Crippen LogP contribution >= 0.6 is 0 Å². The molecule has 4 rings (SSSR count). The topological polar surface area (TPSA) is 126 Å². The van der Waals surface area contributed by atoms with Crippen LogP contribution in [0.3, 0.4) is 0 Å². The number of methoxy groups -OCH3 is 2. The summed E-state index contributed by atoms with van der Waals surface area (Å²) in [5, 5.41) is 12.5. The molecule has 0 unspecified atom stereocenters. The molecule has 0 bridgehead atoms. The number of rotatable bonds is 4. The van der Waals surface area contributed by atoms with Gasteiger partial charge in [0.1, 0.15) is 0 Å². The molecule has 1 radical (unpaired) electrons. The molecule has 0 saturated heterocycles. The minimum atomic E-state index is -0.361. The van der Waals surface area contributed by atoms with E-state index in [4.69, 9.17) is 23.7 Å². The van der Waals surface area contributed by atoms with Crippen molar-refractivity contribution in [2.75, 3.05) is 14.2 Å². The number of carbonyl (C=O) groups is 2. The number of carbonyl (C=O) groups excluding carboxylic acids is 2. The van der Waals surface area contributed by atoms with Crippen LogP contribution in [0.15, 0.2) is 85.2 Å². The third kappa shape index (κ3) is 10.2. The van der Waals surface area contributed by atoms with Gasteiger partial charge in [0, 0.05) is 32.5 Å². The van der Waals surface area contributed by atoms with Crippen molar-refractivity contribution in [3.63, 3.8) is 0 Å². The van der Waals surface area contributed by atoms with Crippen LogP contribution in [0.2, 0.25) is 0 Å². The minimum absolute atomic E-state index is 0. The number of pyridine rings is 2. The second kappa shape index (κ2) is 18.6. The summed E-state index contributed by atoms with van der Waals surface area (Å²) in [6, 6.07) is 27.7. The van der Waals surface area contributed by atoms with Gasteiger partial charge in [-0.05, 0) is 23.5 Å². The molecule has 4 aromatic rings. The molecule has 189 valence electrons. The maximum absolute atomic E-state index is 11.3. The zero-order valence-electron chi connectivity index (χ0n) is 19.8. The smallest absolute Gasteiger partial charge is 0.337 e. The van der Waals surface area contributed by atoms with Gasteiger partial charge in [0.05, 0.1) is 25.3 Å². The molecule has 0 aliphatic rings. The van der Waals surface area contributed by atoms with Gasteiger partial charge in [0.2, 0.25) is 0 Å². The van der Waals surface area contributed by atoms with Crippen molar-refractivity contribution >= 4 is 11.9 Å². The summed E-state index contributed by atoms with van der Waals surface area (Å²) in [4.78, 5) is 31.0. The van der Waals surface area contributed by atoms with E-state index in [9.17, 15) is 9.59 Å². The van der Waals surface area contributed by atoms with Crippen LogP contribution in [0, 0.1) is 35.8 Å². The first-order valence-electron chi connectivity index (χ1n) is 10.1. The van der Waals surface area contributed by atoms with Crippen LogP contribution in [0.25, 0.3) is 22.5 Å². The summed E-state index contributed by atoms with van der Waals surface area (Å²) >= 11 is 0. The van der Waals surface area contributed by atoms with Gasteiger partial charge in [0.15, 0.2) is 0 Å². The first-order chi connectivity index (χ1) is 17.6. The van der Waals surface area contributed by atoms with Crippen LogP contribution in [-0.2, 0) is 29.6 Å². The molecule has 0 aliphatic heterocycles. The van der Waals surface area contributed by atoms with E-state index in [1.807, 2.05) is 48.5 Å². The van der Waals surface area contributed by atoms with Crippen molar-refractivity contribution in [3.8, 4) is 22.5 Å². The Morgan fingerprint density at radius 3 is 1.38 bits per heavy atom. The molecule has 2 heterocycles. The number of benzene rings is 2. The van der Waals surface area contributed by atoms with Gasteiger partial charge in [-0.15, -0.1) is 71.8 Å². The van der Waals surface area contributed by atoms with Crippen molar-refractivity contribution < 1.29 is 39.2 Å². The Balaban J connectivity index is 0.000000603. The Morgan fingerprint density at radius 1 is 0.703 bits per heavy atom. The Labute approximate surface area is 229 Å². The molecule has 0 saturated carbocycles. The monoisotopic (exact) mass is 669 g/mol. The van der Waals surface area contributed by atoms with E-state index < -0.39 is 0 Å². The Hall–Kier alpha value is -4.69. The predicted octanol–water partition coefficient (Wildman–Crippen LogP) is 4.86. The van der Waals surface area contributed by atoms with Gasteiger partial charge in [-0.2, -0.15) is 0 Å². The average molecular weight is 669 g/mol. The summed E-state index contributed by atoms with van der Waals surface area (Å²) in [7, 11) is 2.72. The molecule has 37 heavy (non-hydrogen) atoms. The Kier molecular flexibility index (Phi) is 16.3. The normalized spacial score (nSPS) is 8.59. The van der Waals surface area contributed by atoms with E-state index in [0.29, 0.717) is 22.5 Å². The first kappa shape index (κ1) is 32.3. The Morgan fingerprint density at radius 2 is 1.08 bits per heavy atom. The van der Waals surface area contributed by atoms with Gasteiger partial charge >= 0.3 is 11.9 Å². The van der Waals surface area contributed by atoms with Gasteiger partial charge in [0.25, 0.3) is 0 Å². The van der Waals surface area contributed by atoms with Crippen molar-refractivity contribution in [2.45, 2.75) is 0 Å². The van der Waals surface area contributed by atoms with E-state index >= 15 is 0 Å². The minimum Gasteiger partial charge on any atom is -0.512 e. The number of ether oxygens (including phenoxy) is 2. The molecule has 2 aromatic carbocycles. The van der Waals surface area contributed by atoms with Gasteiger partial charge in [-0.25, -0.2) is 9.59 Å². The number of esters is 2. The summed E-state index contributed by atoms with van der Waals surface area (Å²) in [5.74, 6) is -0.723. The third-order valence-corrected chi connectivity index (χ3v) is 4.33. The third-order valence-electron chi connectivity index (χ3n) is 4.33. The maximum Gasteiger partial charge on any atom is 0.337 e. The van der Waals surface area contributed by atoms with E-state index in [-0.39, 0.29) is 32.0 Å². The van der Waals surface area contributed by atoms with Crippen LogP contribution in [-0.4, -0.2) is 36.1 Å². The fourth-order valence-electron chi connectivity index (χ4n) is 2.75. The molecule has 0 N–H and O–H groups in total. The van der Waals surface area contributed by atoms with Crippen LogP contribution in [0.5, 0.6) is 0 Å². The molecule has 0 spiro atoms. The largest absolute Gasteiger partial charge is 0.512 e. The molecular weight excluding hydrogens is 649 g/mol. The Bertz CT molecular complexity index is 1180. The number of aromatic nitrogens is 2. The van der Waals surface area contributed by atoms with Crippen molar-refractivity contribution in [3.05, 3.63) is 122 Å². The second-order valence-corrected chi connectivity index (χ2v) is 6.40. The SMILES string of the molecule is COC(=O)c1ccnc(-c2[c-]cccc2)c1.COC(=O)c1ccnc(-c2[c-]cccc2)c1.[C-]#N.[C-]#N.[Ir]. The van der Waals surface area contributed by atoms with Crippen LogP contribution in [0.4, 0.5) is 0 Å². The van der Waals surface area contributed by atoms with Crippen molar-refractivity contribution in [1.29, 1.82) is 10.5 Å². The molecule has 0 fully saturated rings. The van der Waals surface area contributed by atoms with Crippen LogP contribution < -0.4 is 0 Å². The summed E-state index contributed by atoms with van der Waals surface area (Å²) in [6.07, 6.45) is 3.17. The van der Waals surface area contributed by atoms with Crippen molar-refractivity contribution in [2.24, 2.45) is 0 Å². The van der Waals surface area contributed by atoms with Gasteiger partial charge in [-0.3, -0.25) is 0 Å². The quantitative estimate of drug-likeness (QED) is 0.223. The molecule has 8 nitrogen and oxygen atoms in total. The summed E-state index contributed by atoms with van der Waals surface area (Å²) in [6.45, 7) is 9.50. The predicted molar refractivity (Wildman–Crippen MR) is 130 cm³/mol. The molecule has 0 atom stereocenters. The van der Waals surface area contributed by atoms with E-state index in [2.05, 4.69) is 31.6 Å².